The molecule has 0 saturated carbocycles. The highest BCUT2D eigenvalue weighted by atomic mass is 16.5. The Kier molecular flexibility index (Phi) is 4.52. The first-order valence-electron chi connectivity index (χ1n) is 4.75. The molecule has 1 aromatic rings. The molecule has 1 unspecified atom stereocenters. The van der Waals surface area contributed by atoms with Gasteiger partial charge in [0.05, 0.1) is 18.3 Å². The van der Waals surface area contributed by atoms with Crippen LogP contribution in [0.5, 0.6) is 0 Å². The number of hydrogen-bond donors (Lipinski definition) is 2. The first-order chi connectivity index (χ1) is 6.79. The minimum absolute atomic E-state index is 0.0313. The van der Waals surface area contributed by atoms with Gasteiger partial charge in [-0.05, 0) is 25.5 Å². The SMILES string of the molecule is CCOCC(NN)c1ncccc1C. The van der Waals surface area contributed by atoms with Crippen LogP contribution >= 0.6 is 0 Å². The number of hydrazine groups is 1. The lowest BCUT2D eigenvalue weighted by atomic mass is 10.1. The summed E-state index contributed by atoms with van der Waals surface area (Å²) in [6, 6.07) is 3.89. The molecule has 0 fully saturated rings. The predicted molar refractivity (Wildman–Crippen MR) is 55.5 cm³/mol. The molecular weight excluding hydrogens is 178 g/mol. The minimum atomic E-state index is -0.0313. The standard InChI is InChI=1S/C10H17N3O/c1-3-14-7-9(13-11)10-8(2)5-4-6-12-10/h4-6,9,13H,3,7,11H2,1-2H3. The number of ether oxygens (including phenoxy) is 1. The fourth-order valence-electron chi connectivity index (χ4n) is 1.30. The third kappa shape index (κ3) is 2.77. The second-order valence-electron chi connectivity index (χ2n) is 3.08. The molecule has 0 spiro atoms. The molecule has 0 aromatic carbocycles. The summed E-state index contributed by atoms with van der Waals surface area (Å²) in [5, 5.41) is 0. The number of nitrogens with two attached hydrogens (primary N) is 1. The van der Waals surface area contributed by atoms with E-state index in [0.29, 0.717) is 13.2 Å². The smallest absolute Gasteiger partial charge is 0.0867 e. The zero-order valence-electron chi connectivity index (χ0n) is 8.66. The van der Waals surface area contributed by atoms with Crippen molar-refractivity contribution in [3.63, 3.8) is 0 Å². The lowest BCUT2D eigenvalue weighted by Gasteiger charge is -2.16. The van der Waals surface area contributed by atoms with Crippen molar-refractivity contribution in [3.05, 3.63) is 29.6 Å². The van der Waals surface area contributed by atoms with Crippen LogP contribution in [0.1, 0.15) is 24.2 Å². The lowest BCUT2D eigenvalue weighted by molar-refractivity contribution is 0.122. The highest BCUT2D eigenvalue weighted by Crippen LogP contribution is 2.13. The third-order valence-electron chi connectivity index (χ3n) is 2.07. The predicted octanol–water partition coefficient (Wildman–Crippen LogP) is 0.931. The van der Waals surface area contributed by atoms with Crippen molar-refractivity contribution in [2.24, 2.45) is 5.84 Å². The molecule has 4 nitrogen and oxygen atoms in total. The molecule has 14 heavy (non-hydrogen) atoms. The van der Waals surface area contributed by atoms with E-state index in [1.165, 1.54) is 0 Å². The normalized spacial score (nSPS) is 12.8. The number of aromatic nitrogens is 1. The summed E-state index contributed by atoms with van der Waals surface area (Å²) in [6.45, 7) is 5.20. The summed E-state index contributed by atoms with van der Waals surface area (Å²) in [5.74, 6) is 5.44. The van der Waals surface area contributed by atoms with Crippen molar-refractivity contribution in [2.45, 2.75) is 19.9 Å². The first kappa shape index (κ1) is 11.1. The zero-order valence-corrected chi connectivity index (χ0v) is 8.66. The second kappa shape index (κ2) is 5.70. The molecule has 0 aliphatic carbocycles. The second-order valence-corrected chi connectivity index (χ2v) is 3.08. The van der Waals surface area contributed by atoms with E-state index in [1.54, 1.807) is 6.20 Å². The summed E-state index contributed by atoms with van der Waals surface area (Å²) >= 11 is 0. The third-order valence-corrected chi connectivity index (χ3v) is 2.07. The topological polar surface area (TPSA) is 60.2 Å². The van der Waals surface area contributed by atoms with Crippen LogP contribution in [0.25, 0.3) is 0 Å². The number of hydrogen-bond acceptors (Lipinski definition) is 4. The molecular formula is C10H17N3O. The van der Waals surface area contributed by atoms with Crippen LogP contribution in [0.2, 0.25) is 0 Å². The number of nitrogens with zero attached hydrogens (tertiary/aromatic N) is 1. The zero-order chi connectivity index (χ0) is 10.4. The molecule has 0 radical (unpaired) electrons. The molecule has 78 valence electrons. The average Bonchev–Trinajstić information content (AvgIpc) is 2.21. The van der Waals surface area contributed by atoms with Crippen molar-refractivity contribution in [1.82, 2.24) is 10.4 Å². The molecule has 0 aliphatic heterocycles. The van der Waals surface area contributed by atoms with Gasteiger partial charge in [-0.2, -0.15) is 0 Å². The Morgan fingerprint density at radius 2 is 2.43 bits per heavy atom. The molecule has 1 atom stereocenters. The van der Waals surface area contributed by atoms with Crippen LogP contribution in [0.4, 0.5) is 0 Å². The maximum atomic E-state index is 5.44. The number of pyridine rings is 1. The van der Waals surface area contributed by atoms with Gasteiger partial charge in [-0.1, -0.05) is 6.07 Å². The number of nitrogens with one attached hydrogen (secondary N) is 1. The number of aryl methyl sites for hydroxylation is 1. The Morgan fingerprint density at radius 1 is 1.64 bits per heavy atom. The quantitative estimate of drug-likeness (QED) is 0.542. The van der Waals surface area contributed by atoms with E-state index in [0.717, 1.165) is 11.3 Å². The largest absolute Gasteiger partial charge is 0.380 e. The van der Waals surface area contributed by atoms with Gasteiger partial charge in [0.15, 0.2) is 0 Å². The Balaban J connectivity index is 2.73. The average molecular weight is 195 g/mol. The molecule has 4 heteroatoms. The van der Waals surface area contributed by atoms with Crippen LogP contribution in [0.3, 0.4) is 0 Å². The Labute approximate surface area is 84.4 Å². The summed E-state index contributed by atoms with van der Waals surface area (Å²) < 4.78 is 5.31. The Bertz CT molecular complexity index is 278. The maximum absolute atomic E-state index is 5.44. The van der Waals surface area contributed by atoms with Gasteiger partial charge in [0.25, 0.3) is 0 Å². The summed E-state index contributed by atoms with van der Waals surface area (Å²) in [7, 11) is 0. The molecule has 1 aromatic heterocycles. The van der Waals surface area contributed by atoms with Crippen molar-refractivity contribution < 1.29 is 4.74 Å². The van der Waals surface area contributed by atoms with Crippen LogP contribution in [0, 0.1) is 6.92 Å². The van der Waals surface area contributed by atoms with E-state index < -0.39 is 0 Å². The molecule has 0 bridgehead atoms. The Hall–Kier alpha value is -0.970. The molecule has 1 rings (SSSR count). The molecule has 0 amide bonds. The van der Waals surface area contributed by atoms with Crippen molar-refractivity contribution in [2.75, 3.05) is 13.2 Å². The van der Waals surface area contributed by atoms with Gasteiger partial charge in [-0.3, -0.25) is 10.8 Å². The van der Waals surface area contributed by atoms with Crippen LogP contribution < -0.4 is 11.3 Å². The van der Waals surface area contributed by atoms with Gasteiger partial charge in [0.1, 0.15) is 0 Å². The van der Waals surface area contributed by atoms with Crippen molar-refractivity contribution >= 4 is 0 Å². The Morgan fingerprint density at radius 3 is 3.00 bits per heavy atom. The lowest BCUT2D eigenvalue weighted by Crippen LogP contribution is -2.32. The van der Waals surface area contributed by atoms with Crippen molar-refractivity contribution in [1.29, 1.82) is 0 Å². The van der Waals surface area contributed by atoms with E-state index in [9.17, 15) is 0 Å². The van der Waals surface area contributed by atoms with E-state index in [4.69, 9.17) is 10.6 Å². The fraction of sp³-hybridized carbons (Fsp3) is 0.500. The van der Waals surface area contributed by atoms with Crippen LogP contribution in [0.15, 0.2) is 18.3 Å². The van der Waals surface area contributed by atoms with Gasteiger partial charge < -0.3 is 4.74 Å². The summed E-state index contributed by atoms with van der Waals surface area (Å²) in [5.41, 5.74) is 4.77. The van der Waals surface area contributed by atoms with Gasteiger partial charge >= 0.3 is 0 Å². The summed E-state index contributed by atoms with van der Waals surface area (Å²) in [6.07, 6.45) is 1.76. The highest BCUT2D eigenvalue weighted by molar-refractivity contribution is 5.20. The van der Waals surface area contributed by atoms with E-state index in [1.807, 2.05) is 26.0 Å². The summed E-state index contributed by atoms with van der Waals surface area (Å²) in [4.78, 5) is 4.28. The molecule has 3 N–H and O–H groups in total. The first-order valence-corrected chi connectivity index (χ1v) is 4.75. The van der Waals surface area contributed by atoms with E-state index in [-0.39, 0.29) is 6.04 Å². The van der Waals surface area contributed by atoms with E-state index >= 15 is 0 Å². The van der Waals surface area contributed by atoms with Crippen LogP contribution in [-0.2, 0) is 4.74 Å². The number of rotatable bonds is 5. The van der Waals surface area contributed by atoms with Crippen LogP contribution in [-0.4, -0.2) is 18.2 Å². The maximum Gasteiger partial charge on any atom is 0.0867 e. The molecule has 0 aliphatic rings. The molecule has 1 heterocycles. The van der Waals surface area contributed by atoms with Crippen molar-refractivity contribution in [3.8, 4) is 0 Å². The highest BCUT2D eigenvalue weighted by Gasteiger charge is 2.12. The van der Waals surface area contributed by atoms with Gasteiger partial charge in [0.2, 0.25) is 0 Å². The fourth-order valence-corrected chi connectivity index (χ4v) is 1.30. The molecule has 0 saturated heterocycles. The van der Waals surface area contributed by atoms with Gasteiger partial charge in [-0.15, -0.1) is 0 Å². The van der Waals surface area contributed by atoms with E-state index in [2.05, 4.69) is 10.4 Å². The monoisotopic (exact) mass is 195 g/mol. The van der Waals surface area contributed by atoms with Gasteiger partial charge in [0, 0.05) is 12.8 Å². The van der Waals surface area contributed by atoms with Gasteiger partial charge in [-0.25, -0.2) is 5.43 Å². The minimum Gasteiger partial charge on any atom is -0.380 e.